The minimum Gasteiger partial charge on any atom is -0.325 e. The van der Waals surface area contributed by atoms with E-state index in [2.05, 4.69) is 0 Å². The van der Waals surface area contributed by atoms with Crippen LogP contribution in [-0.2, 0) is 17.8 Å². The summed E-state index contributed by atoms with van der Waals surface area (Å²) in [6.45, 7) is 0.416. The van der Waals surface area contributed by atoms with Crippen molar-refractivity contribution in [3.63, 3.8) is 0 Å². The first-order valence-corrected chi connectivity index (χ1v) is 8.81. The number of rotatable bonds is 5. The average molecular weight is 345 g/mol. The molecule has 2 nitrogen and oxygen atoms in total. The molecule has 0 unspecified atom stereocenters. The number of amides is 1. The van der Waals surface area contributed by atoms with E-state index in [0.717, 1.165) is 16.7 Å². The third kappa shape index (κ3) is 2.90. The van der Waals surface area contributed by atoms with Crippen LogP contribution in [0.2, 0.25) is 0 Å². The Morgan fingerprint density at radius 1 is 0.769 bits per heavy atom. The molecule has 0 bridgehead atoms. The number of likely N-dealkylation sites (tertiary alicyclic amines) is 1. The number of benzene rings is 3. The van der Waals surface area contributed by atoms with Gasteiger partial charge >= 0.3 is 0 Å². The van der Waals surface area contributed by atoms with Crippen LogP contribution in [0.15, 0.2) is 91.0 Å². The number of carbonyl (C=O) groups is 1. The second kappa shape index (κ2) is 6.75. The number of halogens is 1. The number of carbonyl (C=O) groups excluding carboxylic acids is 1. The van der Waals surface area contributed by atoms with E-state index in [1.807, 2.05) is 91.0 Å². The van der Waals surface area contributed by atoms with E-state index in [1.165, 1.54) is 0 Å². The Labute approximate surface area is 152 Å². The highest BCUT2D eigenvalue weighted by Crippen LogP contribution is 2.48. The fourth-order valence-corrected chi connectivity index (χ4v) is 3.74. The largest absolute Gasteiger partial charge is 0.325 e. The zero-order valence-electron chi connectivity index (χ0n) is 14.4. The van der Waals surface area contributed by atoms with Crippen molar-refractivity contribution < 1.29 is 9.18 Å². The molecule has 1 aliphatic rings. The molecule has 130 valence electrons. The summed E-state index contributed by atoms with van der Waals surface area (Å²) in [7, 11) is 0. The standard InChI is InChI=1S/C23H20FNO/c24-23(16-18-10-4-1-5-11-18)21(20-14-8-3-9-15-20)25(22(23)26)17-19-12-6-2-7-13-19/h1-15,21H,16-17H2/t21-,23+/m0/s1. The predicted octanol–water partition coefficient (Wildman–Crippen LogP) is 4.72. The van der Waals surface area contributed by atoms with Crippen LogP contribution in [0.3, 0.4) is 0 Å². The molecule has 3 aromatic rings. The number of β-lactam (4-membered cyclic amide) rings is 1. The molecule has 0 aromatic heterocycles. The van der Waals surface area contributed by atoms with Crippen LogP contribution in [-0.4, -0.2) is 16.5 Å². The second-order valence-corrected chi connectivity index (χ2v) is 6.76. The number of hydrogen-bond acceptors (Lipinski definition) is 1. The van der Waals surface area contributed by atoms with Crippen LogP contribution in [0.1, 0.15) is 22.7 Å². The summed E-state index contributed by atoms with van der Waals surface area (Å²) in [5.41, 5.74) is 0.769. The molecule has 4 rings (SSSR count). The van der Waals surface area contributed by atoms with Gasteiger partial charge in [0.25, 0.3) is 5.91 Å². The van der Waals surface area contributed by atoms with E-state index < -0.39 is 17.6 Å². The maximum absolute atomic E-state index is 15.9. The summed E-state index contributed by atoms with van der Waals surface area (Å²) in [5, 5.41) is 0. The monoisotopic (exact) mass is 345 g/mol. The number of nitrogens with zero attached hydrogens (tertiary/aromatic N) is 1. The molecule has 1 amide bonds. The normalized spacial score (nSPS) is 22.1. The van der Waals surface area contributed by atoms with Crippen LogP contribution in [0.25, 0.3) is 0 Å². The van der Waals surface area contributed by atoms with Crippen LogP contribution < -0.4 is 0 Å². The maximum Gasteiger partial charge on any atom is 0.264 e. The van der Waals surface area contributed by atoms with Crippen molar-refractivity contribution in [3.8, 4) is 0 Å². The van der Waals surface area contributed by atoms with Gasteiger partial charge in [-0.15, -0.1) is 0 Å². The minimum absolute atomic E-state index is 0.0948. The Hall–Kier alpha value is -2.94. The lowest BCUT2D eigenvalue weighted by Gasteiger charge is -2.51. The summed E-state index contributed by atoms with van der Waals surface area (Å²) < 4.78 is 15.9. The van der Waals surface area contributed by atoms with Crippen molar-refractivity contribution in [1.29, 1.82) is 0 Å². The fraction of sp³-hybridized carbons (Fsp3) is 0.174. The Morgan fingerprint density at radius 3 is 1.85 bits per heavy atom. The number of hydrogen-bond donors (Lipinski definition) is 0. The number of alkyl halides is 1. The van der Waals surface area contributed by atoms with Gasteiger partial charge in [0.15, 0.2) is 0 Å². The molecule has 0 radical (unpaired) electrons. The van der Waals surface area contributed by atoms with Crippen molar-refractivity contribution in [2.45, 2.75) is 24.7 Å². The van der Waals surface area contributed by atoms with Gasteiger partial charge < -0.3 is 4.90 Å². The molecule has 1 fully saturated rings. The maximum atomic E-state index is 15.9. The first-order chi connectivity index (χ1) is 12.7. The first kappa shape index (κ1) is 16.5. The van der Waals surface area contributed by atoms with Gasteiger partial charge in [-0.05, 0) is 16.7 Å². The summed E-state index contributed by atoms with van der Waals surface area (Å²) in [4.78, 5) is 14.5. The summed E-state index contributed by atoms with van der Waals surface area (Å²) in [6, 6.07) is 28.0. The second-order valence-electron chi connectivity index (χ2n) is 6.76. The molecule has 0 N–H and O–H groups in total. The van der Waals surface area contributed by atoms with Crippen molar-refractivity contribution >= 4 is 5.91 Å². The van der Waals surface area contributed by atoms with Crippen molar-refractivity contribution in [2.75, 3.05) is 0 Å². The predicted molar refractivity (Wildman–Crippen MR) is 100 cm³/mol. The molecule has 1 aliphatic heterocycles. The molecule has 2 atom stereocenters. The van der Waals surface area contributed by atoms with Gasteiger partial charge in [-0.1, -0.05) is 91.0 Å². The van der Waals surface area contributed by atoms with Crippen LogP contribution in [0.5, 0.6) is 0 Å². The van der Waals surface area contributed by atoms with Gasteiger partial charge in [0.2, 0.25) is 5.67 Å². The van der Waals surface area contributed by atoms with Gasteiger partial charge in [0.1, 0.15) is 6.04 Å². The van der Waals surface area contributed by atoms with E-state index in [0.29, 0.717) is 6.54 Å². The fourth-order valence-electron chi connectivity index (χ4n) is 3.74. The van der Waals surface area contributed by atoms with Crippen LogP contribution >= 0.6 is 0 Å². The SMILES string of the molecule is O=C1N(Cc2ccccc2)[C@@H](c2ccccc2)[C@]1(F)Cc1ccccc1. The van der Waals surface area contributed by atoms with E-state index in [1.54, 1.807) is 4.90 Å². The van der Waals surface area contributed by atoms with Gasteiger partial charge in [0.05, 0.1) is 0 Å². The quantitative estimate of drug-likeness (QED) is 0.613. The van der Waals surface area contributed by atoms with Gasteiger partial charge in [0, 0.05) is 13.0 Å². The van der Waals surface area contributed by atoms with Crippen molar-refractivity contribution in [2.24, 2.45) is 0 Å². The topological polar surface area (TPSA) is 20.3 Å². The van der Waals surface area contributed by atoms with E-state index in [9.17, 15) is 4.79 Å². The lowest BCUT2D eigenvalue weighted by Crippen LogP contribution is -2.66. The van der Waals surface area contributed by atoms with Crippen LogP contribution in [0, 0.1) is 0 Å². The Morgan fingerprint density at radius 2 is 1.27 bits per heavy atom. The molecular formula is C23H20FNO. The summed E-state index contributed by atoms with van der Waals surface area (Å²) >= 11 is 0. The molecule has 3 aromatic carbocycles. The molecule has 3 heteroatoms. The highest BCUT2D eigenvalue weighted by molar-refractivity contribution is 5.93. The minimum atomic E-state index is -1.91. The Balaban J connectivity index is 1.66. The molecule has 1 heterocycles. The highest BCUT2D eigenvalue weighted by Gasteiger charge is 2.62. The van der Waals surface area contributed by atoms with Gasteiger partial charge in [-0.25, -0.2) is 4.39 Å². The van der Waals surface area contributed by atoms with E-state index in [-0.39, 0.29) is 6.42 Å². The summed E-state index contributed by atoms with van der Waals surface area (Å²) in [5.74, 6) is -0.431. The van der Waals surface area contributed by atoms with Crippen molar-refractivity contribution in [3.05, 3.63) is 108 Å². The van der Waals surface area contributed by atoms with Gasteiger partial charge in [-0.3, -0.25) is 4.79 Å². The molecule has 1 saturated heterocycles. The molecule has 0 spiro atoms. The third-order valence-corrected chi connectivity index (χ3v) is 4.98. The van der Waals surface area contributed by atoms with Gasteiger partial charge in [-0.2, -0.15) is 0 Å². The third-order valence-electron chi connectivity index (χ3n) is 4.98. The molecule has 0 aliphatic carbocycles. The lowest BCUT2D eigenvalue weighted by molar-refractivity contribution is -0.179. The Kier molecular flexibility index (Phi) is 4.29. The van der Waals surface area contributed by atoms with E-state index in [4.69, 9.17) is 0 Å². The first-order valence-electron chi connectivity index (χ1n) is 8.81. The lowest BCUT2D eigenvalue weighted by atomic mass is 9.75. The zero-order chi connectivity index (χ0) is 18.0. The molecular weight excluding hydrogens is 325 g/mol. The molecule has 0 saturated carbocycles. The average Bonchev–Trinajstić information content (AvgIpc) is 2.69. The van der Waals surface area contributed by atoms with Crippen molar-refractivity contribution in [1.82, 2.24) is 4.90 Å². The van der Waals surface area contributed by atoms with E-state index >= 15 is 4.39 Å². The van der Waals surface area contributed by atoms with Crippen LogP contribution in [0.4, 0.5) is 4.39 Å². The smallest absolute Gasteiger partial charge is 0.264 e. The highest BCUT2D eigenvalue weighted by atomic mass is 19.1. The zero-order valence-corrected chi connectivity index (χ0v) is 14.4. The summed E-state index contributed by atoms with van der Waals surface area (Å²) in [6.07, 6.45) is 0.0948. The molecule has 26 heavy (non-hydrogen) atoms. The Bertz CT molecular complexity index is 882.